The number of piperazine rings is 1. The van der Waals surface area contributed by atoms with Crippen molar-refractivity contribution in [1.29, 1.82) is 0 Å². The standard InChI is InChI=1S/C11H15N.C11H17N.C10H14N2.C10H13NO.C10H15N.C9H9BrF3N.C9H13NO/c1-3-7-11(8-4-1)12-9-5-2-6-10-12;1-8-6-9(2)11(12(4)5)10(3)7-8;1-2-4-10(5-3-1)12-8-6-11-7-9-12;1-2-4-10(5-3-1)11-6-8-12-9-7-11;1-8-6-5-7-9(2)10(8)11(3)4;1-14(2)6-3-4-8(10)7(5-6)9(11,12)13;1-3-10(2)8-5-4-6-9(11)7-8/h1,3-4,7-8H,2,5-6,9-10H2;6-7H,1-5H3;1-5,11H,6-9H2;1-5H,6-9H2;5-7H,1-4H3;3-5H,1-2H3;4-7,11H,3H2,1-2H3. The molecular weight excluding hydrogens is 1120 g/mol. The van der Waals surface area contributed by atoms with E-state index in [4.69, 9.17) is 9.84 Å². The minimum absolute atomic E-state index is 0.0654. The molecule has 3 fully saturated rings. The summed E-state index contributed by atoms with van der Waals surface area (Å²) in [5.74, 6) is 0.322. The number of nitrogens with zero attached hydrogens (tertiary/aromatic N) is 7. The Morgan fingerprint density at radius 2 is 0.929 bits per heavy atom. The Hall–Kier alpha value is -6.87. The molecule has 0 radical (unpaired) electrons. The van der Waals surface area contributed by atoms with Gasteiger partial charge >= 0.3 is 6.18 Å². The normalized spacial score (nSPS) is 13.6. The van der Waals surface area contributed by atoms with Gasteiger partial charge in [0.05, 0.1) is 18.8 Å². The van der Waals surface area contributed by atoms with E-state index in [0.717, 1.165) is 70.8 Å². The van der Waals surface area contributed by atoms with Gasteiger partial charge < -0.3 is 49.5 Å². The Morgan fingerprint density at radius 3 is 1.35 bits per heavy atom. The number of halogens is 4. The molecule has 14 heteroatoms. The molecule has 0 amide bonds. The number of benzene rings is 7. The van der Waals surface area contributed by atoms with Crippen molar-refractivity contribution in [3.8, 4) is 5.75 Å². The first-order valence-electron chi connectivity index (χ1n) is 29.3. The maximum atomic E-state index is 12.4. The third kappa shape index (κ3) is 24.4. The summed E-state index contributed by atoms with van der Waals surface area (Å²) in [5, 5.41) is 12.5. The molecule has 0 aromatic heterocycles. The lowest BCUT2D eigenvalue weighted by Gasteiger charge is -2.29. The molecule has 10 rings (SSSR count). The lowest BCUT2D eigenvalue weighted by atomic mass is 10.0. The summed E-state index contributed by atoms with van der Waals surface area (Å²) in [4.78, 5) is 15.3. The Kier molecular flexibility index (Phi) is 30.5. The van der Waals surface area contributed by atoms with Crippen molar-refractivity contribution in [1.82, 2.24) is 5.32 Å². The maximum Gasteiger partial charge on any atom is 0.417 e. The molecule has 456 valence electrons. The second-order valence-electron chi connectivity index (χ2n) is 21.8. The lowest BCUT2D eigenvalue weighted by Crippen LogP contribution is -2.43. The molecule has 0 aliphatic carbocycles. The minimum atomic E-state index is -4.31. The second kappa shape index (κ2) is 36.8. The topological polar surface area (TPSA) is 64.2 Å². The van der Waals surface area contributed by atoms with Crippen LogP contribution in [-0.4, -0.2) is 127 Å². The number of phenols is 1. The van der Waals surface area contributed by atoms with Crippen molar-refractivity contribution in [2.75, 3.05) is 156 Å². The molecule has 3 aliphatic heterocycles. The van der Waals surface area contributed by atoms with Crippen molar-refractivity contribution >= 4 is 55.7 Å². The number of alkyl halides is 3. The molecular formula is C70H96BrF3N8O2. The van der Waals surface area contributed by atoms with Gasteiger partial charge in [-0.2, -0.15) is 13.2 Å². The highest BCUT2D eigenvalue weighted by Gasteiger charge is 2.33. The van der Waals surface area contributed by atoms with Crippen LogP contribution in [0.25, 0.3) is 0 Å². The quantitative estimate of drug-likeness (QED) is 0.154. The number of phenolic OH excluding ortho intramolecular Hbond substituents is 1. The first-order chi connectivity index (χ1) is 40.1. The number of aryl methyl sites for hydroxylation is 5. The number of para-hydroxylation sites is 4. The van der Waals surface area contributed by atoms with Crippen molar-refractivity contribution in [3.05, 3.63) is 202 Å². The van der Waals surface area contributed by atoms with E-state index in [1.165, 1.54) is 94.7 Å². The fourth-order valence-corrected chi connectivity index (χ4v) is 10.6. The van der Waals surface area contributed by atoms with Crippen LogP contribution < -0.4 is 39.6 Å². The van der Waals surface area contributed by atoms with E-state index in [0.29, 0.717) is 11.4 Å². The van der Waals surface area contributed by atoms with Gasteiger partial charge in [-0.25, -0.2) is 0 Å². The molecule has 3 aliphatic rings. The van der Waals surface area contributed by atoms with Gasteiger partial charge in [0.1, 0.15) is 5.75 Å². The first kappa shape index (κ1) is 69.6. The molecule has 10 nitrogen and oxygen atoms in total. The molecule has 0 saturated carbocycles. The van der Waals surface area contributed by atoms with Crippen LogP contribution in [0.2, 0.25) is 0 Å². The van der Waals surface area contributed by atoms with E-state index >= 15 is 0 Å². The molecule has 3 saturated heterocycles. The molecule has 7 aromatic rings. The number of rotatable bonds is 8. The zero-order valence-corrected chi connectivity index (χ0v) is 54.1. The van der Waals surface area contributed by atoms with Gasteiger partial charge in [0.15, 0.2) is 0 Å². The first-order valence-corrected chi connectivity index (χ1v) is 30.1. The van der Waals surface area contributed by atoms with E-state index in [9.17, 15) is 13.2 Å². The van der Waals surface area contributed by atoms with Crippen LogP contribution in [0.1, 0.15) is 59.6 Å². The van der Waals surface area contributed by atoms with Gasteiger partial charge in [0.2, 0.25) is 0 Å². The largest absolute Gasteiger partial charge is 0.508 e. The van der Waals surface area contributed by atoms with Gasteiger partial charge in [0.25, 0.3) is 0 Å². The summed E-state index contributed by atoms with van der Waals surface area (Å²) in [6, 6.07) is 54.0. The van der Waals surface area contributed by atoms with Crippen molar-refractivity contribution in [3.63, 3.8) is 0 Å². The smallest absolute Gasteiger partial charge is 0.417 e. The van der Waals surface area contributed by atoms with Crippen molar-refractivity contribution in [2.24, 2.45) is 0 Å². The van der Waals surface area contributed by atoms with E-state index in [2.05, 4.69) is 236 Å². The monoisotopic (exact) mass is 1220 g/mol. The average molecular weight is 1220 g/mol. The Bertz CT molecular complexity index is 2740. The maximum absolute atomic E-state index is 12.4. The Morgan fingerprint density at radius 1 is 0.488 bits per heavy atom. The molecule has 2 N–H and O–H groups in total. The highest BCUT2D eigenvalue weighted by Crippen LogP contribution is 2.37. The van der Waals surface area contributed by atoms with Crippen LogP contribution >= 0.6 is 15.9 Å². The summed E-state index contributed by atoms with van der Waals surface area (Å²) < 4.78 is 42.7. The molecule has 84 heavy (non-hydrogen) atoms. The second-order valence-corrected chi connectivity index (χ2v) is 22.6. The summed E-state index contributed by atoms with van der Waals surface area (Å²) in [6.45, 7) is 24.5. The van der Waals surface area contributed by atoms with Gasteiger partial charge in [-0.05, 0) is 150 Å². The fourth-order valence-electron chi connectivity index (χ4n) is 10.1. The van der Waals surface area contributed by atoms with Gasteiger partial charge in [-0.15, -0.1) is 0 Å². The van der Waals surface area contributed by atoms with E-state index in [1.54, 1.807) is 37.2 Å². The predicted molar refractivity (Wildman–Crippen MR) is 359 cm³/mol. The number of piperidine rings is 1. The third-order valence-corrected chi connectivity index (χ3v) is 15.0. The predicted octanol–water partition coefficient (Wildman–Crippen LogP) is 15.7. The third-order valence-electron chi connectivity index (χ3n) is 14.3. The Labute approximate surface area is 511 Å². The summed E-state index contributed by atoms with van der Waals surface area (Å²) in [6.07, 6.45) is -0.196. The number of ether oxygens (including phenoxy) is 1. The number of hydrogen-bond acceptors (Lipinski definition) is 10. The number of aromatic hydroxyl groups is 1. The van der Waals surface area contributed by atoms with Gasteiger partial charge in [-0.3, -0.25) is 0 Å². The van der Waals surface area contributed by atoms with Crippen LogP contribution in [0.4, 0.5) is 53.0 Å². The zero-order valence-electron chi connectivity index (χ0n) is 52.5. The van der Waals surface area contributed by atoms with Crippen molar-refractivity contribution in [2.45, 2.75) is 67.0 Å². The molecule has 7 aromatic carbocycles. The van der Waals surface area contributed by atoms with Crippen LogP contribution in [-0.2, 0) is 10.9 Å². The SMILES string of the molecule is CCN(C)c1cccc(O)c1.CN(C)c1ccc(Br)c(C(F)(F)F)c1.Cc1cc(C)c(N(C)C)c(C)c1.Cc1cccc(C)c1N(C)C.c1ccc(N2CCCCC2)cc1.c1ccc(N2CCNCC2)cc1.c1ccc(N2CCOCC2)cc1. The molecule has 0 spiro atoms. The average Bonchev–Trinajstić information content (AvgIpc) is 3.68. The number of nitrogens with one attached hydrogen (secondary N) is 1. The number of anilines is 7. The van der Waals surface area contributed by atoms with Crippen LogP contribution in [0.3, 0.4) is 0 Å². The summed E-state index contributed by atoms with van der Waals surface area (Å²) in [5.41, 5.74) is 14.4. The van der Waals surface area contributed by atoms with Crippen LogP contribution in [0, 0.1) is 34.6 Å². The highest BCUT2D eigenvalue weighted by molar-refractivity contribution is 9.10. The van der Waals surface area contributed by atoms with Crippen LogP contribution in [0.15, 0.2) is 168 Å². The minimum Gasteiger partial charge on any atom is -0.508 e. The van der Waals surface area contributed by atoms with E-state index in [1.807, 2.05) is 25.2 Å². The fraction of sp³-hybridized carbons (Fsp3) is 0.400. The van der Waals surface area contributed by atoms with E-state index < -0.39 is 11.7 Å². The number of hydrogen-bond donors (Lipinski definition) is 2. The molecule has 0 atom stereocenters. The van der Waals surface area contributed by atoms with Gasteiger partial charge in [-0.1, -0.05) is 112 Å². The number of morpholine rings is 1. The lowest BCUT2D eigenvalue weighted by molar-refractivity contribution is -0.138. The Balaban J connectivity index is 0.000000210. The highest BCUT2D eigenvalue weighted by atomic mass is 79.9. The molecule has 3 heterocycles. The summed E-state index contributed by atoms with van der Waals surface area (Å²) in [7, 11) is 13.7. The van der Waals surface area contributed by atoms with E-state index in [-0.39, 0.29) is 4.47 Å². The van der Waals surface area contributed by atoms with Gasteiger partial charge in [0, 0.05) is 159 Å². The van der Waals surface area contributed by atoms with Crippen LogP contribution in [0.5, 0.6) is 5.75 Å². The molecule has 0 bridgehead atoms. The summed E-state index contributed by atoms with van der Waals surface area (Å²) >= 11 is 2.88. The zero-order chi connectivity index (χ0) is 61.6. The van der Waals surface area contributed by atoms with Crippen molar-refractivity contribution < 1.29 is 23.0 Å². The molecule has 0 unspecified atom stereocenters.